The SMILES string of the molecule is CCOC(=O)c1ccc(C#Cc2ccc(C(c3ccc(C#Cc4ccc(C(=O)OCC)cc4)cc3)(c3ccc(C#Cc4ccc(C(=O)OCC)cc4)cc3)c3ccc(C#Cc4ccc(C(=O)OCC)cc4)cc3)cc2)cc1. The maximum absolute atomic E-state index is 12.3. The Balaban J connectivity index is 1.21. The van der Waals surface area contributed by atoms with Crippen molar-refractivity contribution in [2.24, 2.45) is 0 Å². The lowest BCUT2D eigenvalue weighted by atomic mass is 9.65. The summed E-state index contributed by atoms with van der Waals surface area (Å²) in [6, 6.07) is 61.0. The first kappa shape index (κ1) is 53.2. The molecule has 8 aromatic carbocycles. The lowest BCUT2D eigenvalue weighted by Gasteiger charge is -2.37. The summed E-state index contributed by atoms with van der Waals surface area (Å²) in [5.41, 5.74) is 11.0. The van der Waals surface area contributed by atoms with Gasteiger partial charge in [-0.15, -0.1) is 0 Å². The van der Waals surface area contributed by atoms with Crippen LogP contribution in [-0.2, 0) is 24.4 Å². The van der Waals surface area contributed by atoms with Gasteiger partial charge in [0.25, 0.3) is 0 Å². The molecular formula is C69H52O8. The number of hydrogen-bond acceptors (Lipinski definition) is 8. The Morgan fingerprint density at radius 1 is 0.260 bits per heavy atom. The highest BCUT2D eigenvalue weighted by Gasteiger charge is 2.38. The number of ether oxygens (including phenoxy) is 4. The number of carbonyl (C=O) groups is 4. The summed E-state index contributed by atoms with van der Waals surface area (Å²) in [5, 5.41) is 0. The minimum absolute atomic E-state index is 0.295. The maximum Gasteiger partial charge on any atom is 0.338 e. The van der Waals surface area contributed by atoms with Crippen molar-refractivity contribution >= 4 is 23.9 Å². The van der Waals surface area contributed by atoms with Gasteiger partial charge in [0.15, 0.2) is 0 Å². The van der Waals surface area contributed by atoms with Gasteiger partial charge in [0.2, 0.25) is 0 Å². The van der Waals surface area contributed by atoms with Gasteiger partial charge < -0.3 is 18.9 Å². The molecule has 0 aliphatic heterocycles. The van der Waals surface area contributed by atoms with Crippen molar-refractivity contribution in [1.82, 2.24) is 0 Å². The molecule has 0 saturated carbocycles. The zero-order valence-electron chi connectivity index (χ0n) is 43.1. The molecule has 0 aliphatic rings. The first-order valence-electron chi connectivity index (χ1n) is 25.2. The quantitative estimate of drug-likeness (QED) is 0.0516. The van der Waals surface area contributed by atoms with Crippen LogP contribution in [0.2, 0.25) is 0 Å². The predicted molar refractivity (Wildman–Crippen MR) is 298 cm³/mol. The van der Waals surface area contributed by atoms with E-state index in [0.29, 0.717) is 48.7 Å². The van der Waals surface area contributed by atoms with Crippen LogP contribution in [0.15, 0.2) is 194 Å². The highest BCUT2D eigenvalue weighted by molar-refractivity contribution is 5.91. The first-order valence-corrected chi connectivity index (χ1v) is 25.2. The van der Waals surface area contributed by atoms with Crippen LogP contribution in [-0.4, -0.2) is 50.3 Å². The summed E-state index contributed by atoms with van der Waals surface area (Å²) in [6.07, 6.45) is 0. The molecule has 0 aromatic heterocycles. The summed E-state index contributed by atoms with van der Waals surface area (Å²) in [5.74, 6) is 24.6. The molecule has 0 aliphatic carbocycles. The molecule has 0 N–H and O–H groups in total. The van der Waals surface area contributed by atoms with Crippen molar-refractivity contribution in [2.45, 2.75) is 33.1 Å². The molecular weight excluding hydrogens is 957 g/mol. The largest absolute Gasteiger partial charge is 0.462 e. The third-order valence-corrected chi connectivity index (χ3v) is 12.3. The monoisotopic (exact) mass is 1010 g/mol. The molecule has 376 valence electrons. The molecule has 0 heterocycles. The Kier molecular flexibility index (Phi) is 17.7. The summed E-state index contributed by atoms with van der Waals surface area (Å²) < 4.78 is 20.6. The highest BCUT2D eigenvalue weighted by atomic mass is 16.5. The van der Waals surface area contributed by atoms with Gasteiger partial charge in [-0.25, -0.2) is 19.2 Å². The molecule has 77 heavy (non-hydrogen) atoms. The second-order valence-corrected chi connectivity index (χ2v) is 17.3. The number of hydrogen-bond donors (Lipinski definition) is 0. The fraction of sp³-hybridized carbons (Fsp3) is 0.130. The fourth-order valence-electron chi connectivity index (χ4n) is 8.41. The second-order valence-electron chi connectivity index (χ2n) is 17.3. The van der Waals surface area contributed by atoms with Gasteiger partial charge in [-0.2, -0.15) is 0 Å². The lowest BCUT2D eigenvalue weighted by Crippen LogP contribution is -2.31. The standard InChI is InChI=1S/C69H52O8/c1-5-74-65(70)57-33-17-49(18-34-57)9-13-53-25-41-61(42-26-53)69(62-43-27-54(28-44-62)14-10-50-19-35-58(36-20-50)66(71)75-6-2,63-45-29-55(30-46-63)15-11-51-21-37-59(38-22-51)67(72)76-7-3)64-47-31-56(32-48-64)16-12-52-23-39-60(40-24-52)68(73)77-8-4/h17-48H,5-8H2,1-4H3. The lowest BCUT2D eigenvalue weighted by molar-refractivity contribution is 0.0516. The predicted octanol–water partition coefficient (Wildman–Crippen LogP) is 12.4. The molecule has 0 bridgehead atoms. The van der Waals surface area contributed by atoms with E-state index in [1.165, 1.54) is 0 Å². The zero-order valence-corrected chi connectivity index (χ0v) is 43.1. The topological polar surface area (TPSA) is 105 Å². The average molecular weight is 1010 g/mol. The minimum atomic E-state index is -0.909. The summed E-state index contributed by atoms with van der Waals surface area (Å²) in [4.78, 5) is 49.1. The normalized spacial score (nSPS) is 10.3. The zero-order chi connectivity index (χ0) is 54.0. The molecule has 0 atom stereocenters. The maximum atomic E-state index is 12.3. The van der Waals surface area contributed by atoms with E-state index in [0.717, 1.165) is 66.8 Å². The molecule has 8 aromatic rings. The second kappa shape index (κ2) is 25.7. The van der Waals surface area contributed by atoms with Crippen LogP contribution in [0.3, 0.4) is 0 Å². The van der Waals surface area contributed by atoms with E-state index in [4.69, 9.17) is 18.9 Å². The van der Waals surface area contributed by atoms with Crippen molar-refractivity contribution in [1.29, 1.82) is 0 Å². The van der Waals surface area contributed by atoms with E-state index < -0.39 is 5.41 Å². The third-order valence-electron chi connectivity index (χ3n) is 12.3. The van der Waals surface area contributed by atoms with E-state index in [2.05, 4.69) is 95.9 Å². The van der Waals surface area contributed by atoms with E-state index in [1.807, 2.05) is 48.5 Å². The van der Waals surface area contributed by atoms with Crippen LogP contribution in [0.5, 0.6) is 0 Å². The Hall–Kier alpha value is -10.1. The van der Waals surface area contributed by atoms with Crippen LogP contribution < -0.4 is 0 Å². The molecule has 8 heteroatoms. The molecule has 0 saturated heterocycles. The third kappa shape index (κ3) is 13.4. The smallest absolute Gasteiger partial charge is 0.338 e. The van der Waals surface area contributed by atoms with Crippen LogP contribution in [0.25, 0.3) is 0 Å². The van der Waals surface area contributed by atoms with Gasteiger partial charge in [0.05, 0.1) is 54.1 Å². The van der Waals surface area contributed by atoms with Gasteiger partial charge in [-0.1, -0.05) is 95.9 Å². The van der Waals surface area contributed by atoms with Crippen molar-refractivity contribution in [3.8, 4) is 47.4 Å². The Morgan fingerprint density at radius 3 is 0.545 bits per heavy atom. The molecule has 0 radical (unpaired) electrons. The van der Waals surface area contributed by atoms with E-state index >= 15 is 0 Å². The Bertz CT molecular complexity index is 3140. The first-order chi connectivity index (χ1) is 37.6. The molecule has 8 nitrogen and oxygen atoms in total. The van der Waals surface area contributed by atoms with E-state index in [1.54, 1.807) is 125 Å². The van der Waals surface area contributed by atoms with Crippen molar-refractivity contribution < 1.29 is 38.1 Å². The number of rotatable bonds is 12. The van der Waals surface area contributed by atoms with Crippen LogP contribution in [0, 0.1) is 47.4 Å². The Morgan fingerprint density at radius 2 is 0.403 bits per heavy atom. The number of carbonyl (C=O) groups excluding carboxylic acids is 4. The van der Waals surface area contributed by atoms with Crippen molar-refractivity contribution in [2.75, 3.05) is 26.4 Å². The van der Waals surface area contributed by atoms with Gasteiger partial charge in [-0.05, 0) is 196 Å². The van der Waals surface area contributed by atoms with Crippen molar-refractivity contribution in [3.63, 3.8) is 0 Å². The summed E-state index contributed by atoms with van der Waals surface area (Å²) in [7, 11) is 0. The van der Waals surface area contributed by atoms with Gasteiger partial charge in [-0.3, -0.25) is 0 Å². The van der Waals surface area contributed by atoms with Gasteiger partial charge in [0, 0.05) is 44.5 Å². The summed E-state index contributed by atoms with van der Waals surface area (Å²) >= 11 is 0. The number of benzene rings is 8. The molecule has 8 rings (SSSR count). The van der Waals surface area contributed by atoms with Gasteiger partial charge >= 0.3 is 23.9 Å². The van der Waals surface area contributed by atoms with Crippen molar-refractivity contribution in [3.05, 3.63) is 283 Å². The molecule has 0 unspecified atom stereocenters. The van der Waals surface area contributed by atoms with Crippen LogP contribution in [0.4, 0.5) is 0 Å². The molecule has 0 spiro atoms. The highest BCUT2D eigenvalue weighted by Crippen LogP contribution is 2.45. The molecule has 0 fully saturated rings. The van der Waals surface area contributed by atoms with Crippen LogP contribution in [0.1, 0.15) is 136 Å². The van der Waals surface area contributed by atoms with Crippen LogP contribution >= 0.6 is 0 Å². The van der Waals surface area contributed by atoms with E-state index in [-0.39, 0.29) is 23.9 Å². The Labute approximate surface area is 450 Å². The summed E-state index contributed by atoms with van der Waals surface area (Å²) in [6.45, 7) is 8.28. The number of esters is 4. The van der Waals surface area contributed by atoms with Gasteiger partial charge in [0.1, 0.15) is 0 Å². The fourth-order valence-corrected chi connectivity index (χ4v) is 8.41. The minimum Gasteiger partial charge on any atom is -0.462 e. The molecule has 0 amide bonds. The van der Waals surface area contributed by atoms with E-state index in [9.17, 15) is 19.2 Å². The average Bonchev–Trinajstić information content (AvgIpc) is 3.55.